The molecule has 0 saturated heterocycles. The third kappa shape index (κ3) is 2.50. The van der Waals surface area contributed by atoms with Crippen molar-refractivity contribution in [1.29, 1.82) is 0 Å². The lowest BCUT2D eigenvalue weighted by atomic mass is 10.1. The van der Waals surface area contributed by atoms with Gasteiger partial charge in [-0.05, 0) is 29.8 Å². The van der Waals surface area contributed by atoms with E-state index in [4.69, 9.17) is 4.74 Å². The van der Waals surface area contributed by atoms with Crippen LogP contribution in [0.5, 0.6) is 0 Å². The molecule has 0 aliphatic rings. The average molecular weight is 284 g/mol. The molecule has 3 rings (SSSR count). The van der Waals surface area contributed by atoms with E-state index in [0.717, 1.165) is 16.5 Å². The third-order valence-corrected chi connectivity index (χ3v) is 3.34. The summed E-state index contributed by atoms with van der Waals surface area (Å²) >= 11 is 0. The highest BCUT2D eigenvalue weighted by Crippen LogP contribution is 2.20. The van der Waals surface area contributed by atoms with Crippen molar-refractivity contribution in [2.45, 2.75) is 6.54 Å². The van der Waals surface area contributed by atoms with Crippen molar-refractivity contribution in [2.24, 2.45) is 0 Å². The van der Waals surface area contributed by atoms with Crippen LogP contribution in [0.15, 0.2) is 48.7 Å². The zero-order chi connectivity index (χ0) is 14.8. The maximum atomic E-state index is 12.9. The third-order valence-electron chi connectivity index (χ3n) is 3.34. The van der Waals surface area contributed by atoms with Crippen LogP contribution in [0.4, 0.5) is 4.39 Å². The first-order valence-corrected chi connectivity index (χ1v) is 6.46. The molecule has 0 spiro atoms. The van der Waals surface area contributed by atoms with Crippen LogP contribution in [-0.2, 0) is 11.3 Å². The van der Waals surface area contributed by atoms with Crippen molar-refractivity contribution in [3.05, 3.63) is 65.6 Å². The van der Waals surface area contributed by atoms with Crippen molar-refractivity contribution >= 4 is 16.9 Å². The predicted molar refractivity (Wildman–Crippen MR) is 76.6 cm³/mol. The lowest BCUT2D eigenvalue weighted by Crippen LogP contribution is -2.03. The van der Waals surface area contributed by atoms with Gasteiger partial charge in [0.2, 0.25) is 0 Å². The number of hydrogen-bond donors (Lipinski definition) is 0. The van der Waals surface area contributed by atoms with E-state index in [1.807, 2.05) is 6.07 Å². The average Bonchev–Trinajstić information content (AvgIpc) is 2.92. The topological polar surface area (TPSA) is 44.1 Å². The molecule has 3 aromatic rings. The summed E-state index contributed by atoms with van der Waals surface area (Å²) in [5.74, 6) is -0.654. The summed E-state index contributed by atoms with van der Waals surface area (Å²) in [6.45, 7) is 0.508. The van der Waals surface area contributed by atoms with Crippen LogP contribution < -0.4 is 0 Å². The van der Waals surface area contributed by atoms with Gasteiger partial charge in [0.05, 0.1) is 30.9 Å². The molecule has 5 heteroatoms. The highest BCUT2D eigenvalue weighted by Gasteiger charge is 2.13. The first-order chi connectivity index (χ1) is 10.2. The molecule has 0 bridgehead atoms. The van der Waals surface area contributed by atoms with Gasteiger partial charge in [-0.3, -0.25) is 4.68 Å². The number of aromatic nitrogens is 2. The Labute approximate surface area is 120 Å². The molecule has 106 valence electrons. The number of ether oxygens (including phenoxy) is 1. The van der Waals surface area contributed by atoms with E-state index in [9.17, 15) is 9.18 Å². The number of nitrogens with zero attached hydrogens (tertiary/aromatic N) is 2. The SMILES string of the molecule is COC(=O)c1cccc2c1cnn2Cc1ccc(F)cc1. The van der Waals surface area contributed by atoms with Gasteiger partial charge in [-0.1, -0.05) is 18.2 Å². The summed E-state index contributed by atoms with van der Waals surface area (Å²) in [7, 11) is 1.35. The minimum Gasteiger partial charge on any atom is -0.465 e. The Morgan fingerprint density at radius 3 is 2.71 bits per heavy atom. The monoisotopic (exact) mass is 284 g/mol. The molecule has 0 unspecified atom stereocenters. The van der Waals surface area contributed by atoms with Crippen LogP contribution in [0.1, 0.15) is 15.9 Å². The summed E-state index contributed by atoms with van der Waals surface area (Å²) in [4.78, 5) is 11.7. The minimum atomic E-state index is -0.387. The van der Waals surface area contributed by atoms with Crippen LogP contribution in [0.2, 0.25) is 0 Å². The van der Waals surface area contributed by atoms with E-state index < -0.39 is 0 Å². The van der Waals surface area contributed by atoms with E-state index in [0.29, 0.717) is 12.1 Å². The summed E-state index contributed by atoms with van der Waals surface area (Å²) < 4.78 is 19.5. The number of carbonyl (C=O) groups is 1. The number of hydrogen-bond acceptors (Lipinski definition) is 3. The van der Waals surface area contributed by atoms with E-state index in [1.54, 1.807) is 35.1 Å². The minimum absolute atomic E-state index is 0.267. The fourth-order valence-electron chi connectivity index (χ4n) is 2.28. The highest BCUT2D eigenvalue weighted by molar-refractivity contribution is 6.03. The summed E-state index contributed by atoms with van der Waals surface area (Å²) in [6, 6.07) is 11.6. The van der Waals surface area contributed by atoms with Crippen LogP contribution in [0.3, 0.4) is 0 Å². The quantitative estimate of drug-likeness (QED) is 0.694. The first-order valence-electron chi connectivity index (χ1n) is 6.46. The van der Waals surface area contributed by atoms with Gasteiger partial charge in [-0.2, -0.15) is 5.10 Å². The molecular formula is C16H13FN2O2. The molecule has 1 aromatic heterocycles. The summed E-state index contributed by atoms with van der Waals surface area (Å²) in [5, 5.41) is 5.05. The Hall–Kier alpha value is -2.69. The van der Waals surface area contributed by atoms with Crippen molar-refractivity contribution in [3.63, 3.8) is 0 Å². The normalized spacial score (nSPS) is 10.8. The fraction of sp³-hybridized carbons (Fsp3) is 0.125. The molecule has 0 N–H and O–H groups in total. The molecule has 0 aliphatic carbocycles. The summed E-state index contributed by atoms with van der Waals surface area (Å²) in [5.41, 5.74) is 2.26. The number of carbonyl (C=O) groups excluding carboxylic acids is 1. The number of rotatable bonds is 3. The molecule has 4 nitrogen and oxygen atoms in total. The van der Waals surface area contributed by atoms with Gasteiger partial charge >= 0.3 is 5.97 Å². The van der Waals surface area contributed by atoms with Gasteiger partial charge in [0.1, 0.15) is 5.82 Å². The van der Waals surface area contributed by atoms with Gasteiger partial charge in [0.15, 0.2) is 0 Å². The Morgan fingerprint density at radius 2 is 2.00 bits per heavy atom. The Bertz CT molecular complexity index is 794. The first kappa shape index (κ1) is 13.3. The van der Waals surface area contributed by atoms with Crippen molar-refractivity contribution < 1.29 is 13.9 Å². The van der Waals surface area contributed by atoms with Gasteiger partial charge in [-0.15, -0.1) is 0 Å². The molecule has 2 aromatic carbocycles. The number of esters is 1. The van der Waals surface area contributed by atoms with Gasteiger partial charge < -0.3 is 4.74 Å². The zero-order valence-corrected chi connectivity index (χ0v) is 11.4. The van der Waals surface area contributed by atoms with E-state index in [-0.39, 0.29) is 11.8 Å². The molecule has 0 aliphatic heterocycles. The fourth-order valence-corrected chi connectivity index (χ4v) is 2.28. The van der Waals surface area contributed by atoms with Gasteiger partial charge in [0, 0.05) is 5.39 Å². The molecule has 0 amide bonds. The molecule has 0 radical (unpaired) electrons. The standard InChI is InChI=1S/C16H13FN2O2/c1-21-16(20)13-3-2-4-15-14(13)9-18-19(15)10-11-5-7-12(17)8-6-11/h2-9H,10H2,1H3. The molecule has 0 fully saturated rings. The van der Waals surface area contributed by atoms with Crippen LogP contribution in [-0.4, -0.2) is 22.9 Å². The second-order valence-corrected chi connectivity index (χ2v) is 4.66. The van der Waals surface area contributed by atoms with Crippen molar-refractivity contribution in [3.8, 4) is 0 Å². The molecule has 21 heavy (non-hydrogen) atoms. The Kier molecular flexibility index (Phi) is 3.39. The smallest absolute Gasteiger partial charge is 0.338 e. The van der Waals surface area contributed by atoms with Crippen LogP contribution >= 0.6 is 0 Å². The predicted octanol–water partition coefficient (Wildman–Crippen LogP) is 3.01. The van der Waals surface area contributed by atoms with Crippen LogP contribution in [0.25, 0.3) is 10.9 Å². The van der Waals surface area contributed by atoms with Gasteiger partial charge in [-0.25, -0.2) is 9.18 Å². The lowest BCUT2D eigenvalue weighted by molar-refractivity contribution is 0.0603. The number of fused-ring (bicyclic) bond motifs is 1. The van der Waals surface area contributed by atoms with Crippen molar-refractivity contribution in [2.75, 3.05) is 7.11 Å². The summed E-state index contributed by atoms with van der Waals surface area (Å²) in [6.07, 6.45) is 1.64. The second kappa shape index (κ2) is 5.36. The van der Waals surface area contributed by atoms with Gasteiger partial charge in [0.25, 0.3) is 0 Å². The maximum Gasteiger partial charge on any atom is 0.338 e. The van der Waals surface area contributed by atoms with Crippen LogP contribution in [0, 0.1) is 5.82 Å². The van der Waals surface area contributed by atoms with E-state index in [2.05, 4.69) is 5.10 Å². The Balaban J connectivity index is 2.01. The molecule has 1 heterocycles. The lowest BCUT2D eigenvalue weighted by Gasteiger charge is -2.05. The zero-order valence-electron chi connectivity index (χ0n) is 11.4. The maximum absolute atomic E-state index is 12.9. The number of methoxy groups -OCH3 is 1. The largest absolute Gasteiger partial charge is 0.465 e. The second-order valence-electron chi connectivity index (χ2n) is 4.66. The highest BCUT2D eigenvalue weighted by atomic mass is 19.1. The molecular weight excluding hydrogens is 271 g/mol. The number of halogens is 1. The van der Waals surface area contributed by atoms with E-state index >= 15 is 0 Å². The Morgan fingerprint density at radius 1 is 1.24 bits per heavy atom. The number of benzene rings is 2. The van der Waals surface area contributed by atoms with Crippen molar-refractivity contribution in [1.82, 2.24) is 9.78 Å². The molecule has 0 saturated carbocycles. The molecule has 0 atom stereocenters. The van der Waals surface area contributed by atoms with E-state index in [1.165, 1.54) is 19.2 Å².